The number of ether oxygens (including phenoxy) is 2. The molecule has 3 aromatic carbocycles. The fourth-order valence-electron chi connectivity index (χ4n) is 2.81. The van der Waals surface area contributed by atoms with E-state index in [0.717, 1.165) is 12.0 Å². The van der Waals surface area contributed by atoms with Gasteiger partial charge >= 0.3 is 11.9 Å². The van der Waals surface area contributed by atoms with Crippen LogP contribution in [0.25, 0.3) is 0 Å². The number of esters is 2. The van der Waals surface area contributed by atoms with Crippen LogP contribution in [0.4, 0.5) is 0 Å². The van der Waals surface area contributed by atoms with Crippen LogP contribution in [0.2, 0.25) is 0 Å². The molecule has 3 aromatic rings. The van der Waals surface area contributed by atoms with Crippen LogP contribution in [-0.4, -0.2) is 11.9 Å². The molecule has 3 rings (SSSR count). The van der Waals surface area contributed by atoms with E-state index in [4.69, 9.17) is 9.47 Å². The number of carbonyl (C=O) groups is 2. The molecule has 0 saturated carbocycles. The summed E-state index contributed by atoms with van der Waals surface area (Å²) >= 11 is 0. The maximum absolute atomic E-state index is 12.7. The molecule has 0 saturated heterocycles. The van der Waals surface area contributed by atoms with E-state index in [1.807, 2.05) is 57.2 Å². The van der Waals surface area contributed by atoms with E-state index in [2.05, 4.69) is 0 Å². The van der Waals surface area contributed by atoms with Crippen molar-refractivity contribution >= 4 is 11.9 Å². The molecule has 4 heteroatoms. The molecule has 0 aliphatic heterocycles. The summed E-state index contributed by atoms with van der Waals surface area (Å²) in [7, 11) is 0. The highest BCUT2D eigenvalue weighted by molar-refractivity contribution is 5.93. The lowest BCUT2D eigenvalue weighted by Gasteiger charge is -2.15. The van der Waals surface area contributed by atoms with Crippen molar-refractivity contribution < 1.29 is 19.1 Å². The third-order valence-electron chi connectivity index (χ3n) is 4.48. The van der Waals surface area contributed by atoms with Crippen molar-refractivity contribution in [3.63, 3.8) is 0 Å². The van der Waals surface area contributed by atoms with E-state index in [1.165, 1.54) is 0 Å². The highest BCUT2D eigenvalue weighted by Gasteiger charge is 2.20. The molecule has 0 bridgehead atoms. The van der Waals surface area contributed by atoms with E-state index in [0.29, 0.717) is 22.3 Å². The van der Waals surface area contributed by atoms with Crippen molar-refractivity contribution in [3.05, 3.63) is 94.5 Å². The Balaban J connectivity index is 1.91. The first kappa shape index (κ1) is 19.4. The fourth-order valence-corrected chi connectivity index (χ4v) is 2.81. The van der Waals surface area contributed by atoms with Gasteiger partial charge in [0.15, 0.2) is 11.5 Å². The maximum Gasteiger partial charge on any atom is 0.343 e. The van der Waals surface area contributed by atoms with Crippen LogP contribution in [0.3, 0.4) is 0 Å². The number of hydrogen-bond donors (Lipinski definition) is 0. The van der Waals surface area contributed by atoms with Crippen molar-refractivity contribution in [1.82, 2.24) is 0 Å². The van der Waals surface area contributed by atoms with Gasteiger partial charge in [-0.05, 0) is 61.2 Å². The summed E-state index contributed by atoms with van der Waals surface area (Å²) in [6, 6.07) is 19.7. The topological polar surface area (TPSA) is 52.6 Å². The zero-order chi connectivity index (χ0) is 20.1. The molecule has 0 aliphatic carbocycles. The first-order valence-electron chi connectivity index (χ1n) is 9.18. The molecule has 0 amide bonds. The van der Waals surface area contributed by atoms with Gasteiger partial charge in [0.05, 0.1) is 11.1 Å². The van der Waals surface area contributed by atoms with E-state index < -0.39 is 11.9 Å². The second kappa shape index (κ2) is 8.53. The molecule has 0 fully saturated rings. The highest BCUT2D eigenvalue weighted by atomic mass is 16.6. The number of benzene rings is 3. The lowest BCUT2D eigenvalue weighted by atomic mass is 10.1. The Morgan fingerprint density at radius 2 is 1.25 bits per heavy atom. The average Bonchev–Trinajstić information content (AvgIpc) is 2.73. The van der Waals surface area contributed by atoms with Crippen molar-refractivity contribution in [2.45, 2.75) is 27.2 Å². The number of aryl methyl sites for hydroxylation is 3. The van der Waals surface area contributed by atoms with Gasteiger partial charge in [-0.2, -0.15) is 0 Å². The Labute approximate surface area is 164 Å². The van der Waals surface area contributed by atoms with Crippen molar-refractivity contribution in [3.8, 4) is 11.5 Å². The van der Waals surface area contributed by atoms with Crippen LogP contribution in [-0.2, 0) is 6.42 Å². The molecule has 0 heterocycles. The first-order chi connectivity index (χ1) is 13.5. The summed E-state index contributed by atoms with van der Waals surface area (Å²) < 4.78 is 11.3. The van der Waals surface area contributed by atoms with Gasteiger partial charge in [-0.25, -0.2) is 9.59 Å². The smallest absolute Gasteiger partial charge is 0.343 e. The standard InChI is InChI=1S/C24H22O4/c1-4-18-9-8-12-20(15-18)24(26)28-22-17(3)14-13-16(2)21(22)27-23(25)19-10-6-5-7-11-19/h5-15H,4H2,1-3H3. The van der Waals surface area contributed by atoms with Crippen LogP contribution in [0.1, 0.15) is 44.3 Å². The van der Waals surface area contributed by atoms with Crippen molar-refractivity contribution in [2.24, 2.45) is 0 Å². The molecular formula is C24H22O4. The van der Waals surface area contributed by atoms with Gasteiger partial charge in [0, 0.05) is 0 Å². The lowest BCUT2D eigenvalue weighted by molar-refractivity contribution is 0.0680. The highest BCUT2D eigenvalue weighted by Crippen LogP contribution is 2.35. The minimum Gasteiger partial charge on any atom is -0.419 e. The molecule has 0 radical (unpaired) electrons. The predicted octanol–water partition coefficient (Wildman–Crippen LogP) is 5.30. The maximum atomic E-state index is 12.7. The third kappa shape index (κ3) is 4.29. The van der Waals surface area contributed by atoms with Gasteiger partial charge in [0.2, 0.25) is 0 Å². The van der Waals surface area contributed by atoms with Gasteiger partial charge in [0.25, 0.3) is 0 Å². The van der Waals surface area contributed by atoms with Gasteiger partial charge in [-0.15, -0.1) is 0 Å². The normalized spacial score (nSPS) is 10.4. The second-order valence-electron chi connectivity index (χ2n) is 6.56. The van der Waals surface area contributed by atoms with Gasteiger partial charge in [-0.1, -0.05) is 49.4 Å². The van der Waals surface area contributed by atoms with Crippen LogP contribution in [0, 0.1) is 13.8 Å². The summed E-state index contributed by atoms with van der Waals surface area (Å²) in [6.45, 7) is 5.64. The Morgan fingerprint density at radius 3 is 1.82 bits per heavy atom. The molecule has 0 aliphatic rings. The largest absolute Gasteiger partial charge is 0.419 e. The van der Waals surface area contributed by atoms with Crippen molar-refractivity contribution in [1.29, 1.82) is 0 Å². The van der Waals surface area contributed by atoms with Crippen molar-refractivity contribution in [2.75, 3.05) is 0 Å². The van der Waals surface area contributed by atoms with Crippen LogP contribution >= 0.6 is 0 Å². The fraction of sp³-hybridized carbons (Fsp3) is 0.167. The molecule has 4 nitrogen and oxygen atoms in total. The van der Waals surface area contributed by atoms with E-state index in [1.54, 1.807) is 30.3 Å². The Hall–Kier alpha value is -3.40. The number of rotatable bonds is 5. The molecular weight excluding hydrogens is 352 g/mol. The van der Waals surface area contributed by atoms with Gasteiger partial charge in [0.1, 0.15) is 0 Å². The quantitative estimate of drug-likeness (QED) is 0.449. The Bertz CT molecular complexity index is 1010. The Morgan fingerprint density at radius 1 is 0.714 bits per heavy atom. The lowest BCUT2D eigenvalue weighted by Crippen LogP contribution is -2.14. The molecule has 0 unspecified atom stereocenters. The summed E-state index contributed by atoms with van der Waals surface area (Å²) in [5, 5.41) is 0. The summed E-state index contributed by atoms with van der Waals surface area (Å²) in [5.41, 5.74) is 3.35. The Kier molecular flexibility index (Phi) is 5.90. The predicted molar refractivity (Wildman–Crippen MR) is 108 cm³/mol. The van der Waals surface area contributed by atoms with Gasteiger partial charge < -0.3 is 9.47 Å². The minimum atomic E-state index is -0.500. The average molecular weight is 374 g/mol. The molecule has 0 aromatic heterocycles. The number of hydrogen-bond acceptors (Lipinski definition) is 4. The molecule has 0 atom stereocenters. The molecule has 142 valence electrons. The zero-order valence-corrected chi connectivity index (χ0v) is 16.2. The van der Waals surface area contributed by atoms with Crippen LogP contribution in [0.5, 0.6) is 11.5 Å². The van der Waals surface area contributed by atoms with Crippen LogP contribution < -0.4 is 9.47 Å². The molecule has 0 N–H and O–H groups in total. The van der Waals surface area contributed by atoms with E-state index in [9.17, 15) is 9.59 Å². The first-order valence-corrected chi connectivity index (χ1v) is 9.18. The zero-order valence-electron chi connectivity index (χ0n) is 16.2. The summed E-state index contributed by atoms with van der Waals surface area (Å²) in [5.74, 6) is -0.467. The third-order valence-corrected chi connectivity index (χ3v) is 4.48. The second-order valence-corrected chi connectivity index (χ2v) is 6.56. The monoisotopic (exact) mass is 374 g/mol. The summed E-state index contributed by atoms with van der Waals surface area (Å²) in [4.78, 5) is 25.2. The van der Waals surface area contributed by atoms with Crippen LogP contribution in [0.15, 0.2) is 66.7 Å². The summed E-state index contributed by atoms with van der Waals surface area (Å²) in [6.07, 6.45) is 0.824. The SMILES string of the molecule is CCc1cccc(C(=O)Oc2c(C)ccc(C)c2OC(=O)c2ccccc2)c1. The van der Waals surface area contributed by atoms with E-state index >= 15 is 0 Å². The van der Waals surface area contributed by atoms with Gasteiger partial charge in [-0.3, -0.25) is 0 Å². The van der Waals surface area contributed by atoms with E-state index in [-0.39, 0.29) is 11.5 Å². The number of carbonyl (C=O) groups excluding carboxylic acids is 2. The minimum absolute atomic E-state index is 0.258. The molecule has 0 spiro atoms. The molecule has 28 heavy (non-hydrogen) atoms.